The van der Waals surface area contributed by atoms with E-state index in [-0.39, 0.29) is 17.9 Å². The lowest BCUT2D eigenvalue weighted by molar-refractivity contribution is -0.125. The van der Waals surface area contributed by atoms with Crippen molar-refractivity contribution in [3.63, 3.8) is 0 Å². The maximum Gasteiger partial charge on any atom is 0.234 e. The molecule has 0 saturated carbocycles. The zero-order chi connectivity index (χ0) is 20.5. The number of aryl methyl sites for hydroxylation is 2. The van der Waals surface area contributed by atoms with E-state index in [1.54, 1.807) is 7.11 Å². The number of carbonyl (C=O) groups excluding carboxylic acids is 2. The van der Waals surface area contributed by atoms with Crippen molar-refractivity contribution in [2.45, 2.75) is 26.8 Å². The SMILES string of the molecule is COCCNC(=O)CN1CCN(CC(=O)NC(C)c2ccc(C)c(C)c2)CC1. The normalized spacial score (nSPS) is 16.6. The van der Waals surface area contributed by atoms with Crippen molar-refractivity contribution in [3.8, 4) is 0 Å². The quantitative estimate of drug-likeness (QED) is 0.612. The van der Waals surface area contributed by atoms with Crippen LogP contribution in [0.1, 0.15) is 29.7 Å². The first-order chi connectivity index (χ1) is 13.4. The molecule has 28 heavy (non-hydrogen) atoms. The number of methoxy groups -OCH3 is 1. The van der Waals surface area contributed by atoms with E-state index in [9.17, 15) is 9.59 Å². The summed E-state index contributed by atoms with van der Waals surface area (Å²) in [6.07, 6.45) is 0. The lowest BCUT2D eigenvalue weighted by atomic mass is 10.0. The fraction of sp³-hybridized carbons (Fsp3) is 0.619. The van der Waals surface area contributed by atoms with Crippen LogP contribution in [0.2, 0.25) is 0 Å². The van der Waals surface area contributed by atoms with Crippen LogP contribution >= 0.6 is 0 Å². The number of carbonyl (C=O) groups is 2. The third-order valence-electron chi connectivity index (χ3n) is 5.24. The van der Waals surface area contributed by atoms with Gasteiger partial charge in [-0.2, -0.15) is 0 Å². The van der Waals surface area contributed by atoms with Gasteiger partial charge in [-0.25, -0.2) is 0 Å². The Labute approximate surface area is 168 Å². The first-order valence-corrected chi connectivity index (χ1v) is 9.96. The van der Waals surface area contributed by atoms with Gasteiger partial charge >= 0.3 is 0 Å². The van der Waals surface area contributed by atoms with Gasteiger partial charge in [-0.1, -0.05) is 18.2 Å². The van der Waals surface area contributed by atoms with Gasteiger partial charge in [-0.15, -0.1) is 0 Å². The Bertz CT molecular complexity index is 657. The maximum absolute atomic E-state index is 12.4. The lowest BCUT2D eigenvalue weighted by Gasteiger charge is -2.34. The molecule has 1 unspecified atom stereocenters. The lowest BCUT2D eigenvalue weighted by Crippen LogP contribution is -2.51. The molecular weight excluding hydrogens is 356 g/mol. The van der Waals surface area contributed by atoms with Crippen molar-refractivity contribution in [2.75, 3.05) is 59.5 Å². The number of amides is 2. The molecule has 0 radical (unpaired) electrons. The second-order valence-electron chi connectivity index (χ2n) is 7.53. The molecule has 0 aliphatic carbocycles. The third-order valence-corrected chi connectivity index (χ3v) is 5.24. The first kappa shape index (κ1) is 22.3. The molecule has 1 aromatic rings. The van der Waals surface area contributed by atoms with Crippen LogP contribution in [0.25, 0.3) is 0 Å². The van der Waals surface area contributed by atoms with Gasteiger partial charge in [0.2, 0.25) is 11.8 Å². The van der Waals surface area contributed by atoms with Crippen LogP contribution in [0, 0.1) is 13.8 Å². The highest BCUT2D eigenvalue weighted by atomic mass is 16.5. The topological polar surface area (TPSA) is 73.9 Å². The first-order valence-electron chi connectivity index (χ1n) is 9.96. The molecule has 1 aromatic carbocycles. The van der Waals surface area contributed by atoms with Crippen molar-refractivity contribution in [1.29, 1.82) is 0 Å². The number of nitrogens with zero attached hydrogens (tertiary/aromatic N) is 2. The zero-order valence-corrected chi connectivity index (χ0v) is 17.6. The summed E-state index contributed by atoms with van der Waals surface area (Å²) in [6.45, 7) is 11.2. The fourth-order valence-corrected chi connectivity index (χ4v) is 3.26. The van der Waals surface area contributed by atoms with Crippen LogP contribution in [0.3, 0.4) is 0 Å². The molecule has 1 aliphatic rings. The van der Waals surface area contributed by atoms with E-state index < -0.39 is 0 Å². The molecule has 1 atom stereocenters. The highest BCUT2D eigenvalue weighted by Gasteiger charge is 2.21. The molecule has 0 aromatic heterocycles. The smallest absolute Gasteiger partial charge is 0.234 e. The van der Waals surface area contributed by atoms with Crippen molar-refractivity contribution in [1.82, 2.24) is 20.4 Å². The van der Waals surface area contributed by atoms with Crippen LogP contribution in [-0.4, -0.2) is 81.1 Å². The summed E-state index contributed by atoms with van der Waals surface area (Å²) in [6, 6.07) is 6.29. The van der Waals surface area contributed by atoms with Gasteiger partial charge in [0.1, 0.15) is 0 Å². The van der Waals surface area contributed by atoms with Gasteiger partial charge in [0, 0.05) is 39.8 Å². The number of benzene rings is 1. The van der Waals surface area contributed by atoms with Crippen molar-refractivity contribution in [3.05, 3.63) is 34.9 Å². The predicted octanol–water partition coefficient (Wildman–Crippen LogP) is 0.861. The van der Waals surface area contributed by atoms with Crippen LogP contribution < -0.4 is 10.6 Å². The van der Waals surface area contributed by atoms with E-state index in [1.165, 1.54) is 11.1 Å². The number of rotatable bonds is 9. The second-order valence-corrected chi connectivity index (χ2v) is 7.53. The molecule has 2 amide bonds. The molecular formula is C21H34N4O3. The van der Waals surface area contributed by atoms with E-state index >= 15 is 0 Å². The molecule has 156 valence electrons. The van der Waals surface area contributed by atoms with E-state index in [2.05, 4.69) is 52.5 Å². The van der Waals surface area contributed by atoms with E-state index in [4.69, 9.17) is 4.74 Å². The van der Waals surface area contributed by atoms with Gasteiger partial charge in [0.05, 0.1) is 25.7 Å². The summed E-state index contributed by atoms with van der Waals surface area (Å²) < 4.78 is 4.93. The molecule has 2 N–H and O–H groups in total. The monoisotopic (exact) mass is 390 g/mol. The van der Waals surface area contributed by atoms with Crippen LogP contribution in [0.15, 0.2) is 18.2 Å². The predicted molar refractivity (Wildman–Crippen MR) is 110 cm³/mol. The highest BCUT2D eigenvalue weighted by Crippen LogP contribution is 2.16. The molecule has 2 rings (SSSR count). The van der Waals surface area contributed by atoms with Crippen molar-refractivity contribution in [2.24, 2.45) is 0 Å². The number of nitrogens with one attached hydrogen (secondary N) is 2. The standard InChI is InChI=1S/C21H34N4O3/c1-16-5-6-19(13-17(16)2)18(3)23-21(27)15-25-10-8-24(9-11-25)14-20(26)22-7-12-28-4/h5-6,13,18H,7-12,14-15H2,1-4H3,(H,22,26)(H,23,27). The van der Waals surface area contributed by atoms with E-state index in [0.29, 0.717) is 26.2 Å². The molecule has 1 aliphatic heterocycles. The summed E-state index contributed by atoms with van der Waals surface area (Å²) in [5.41, 5.74) is 3.62. The van der Waals surface area contributed by atoms with Crippen LogP contribution in [-0.2, 0) is 14.3 Å². The average molecular weight is 391 g/mol. The minimum atomic E-state index is -0.0103. The summed E-state index contributed by atoms with van der Waals surface area (Å²) in [4.78, 5) is 28.5. The summed E-state index contributed by atoms with van der Waals surface area (Å²) in [7, 11) is 1.62. The fourth-order valence-electron chi connectivity index (χ4n) is 3.26. The Kier molecular flexibility index (Phi) is 8.89. The average Bonchev–Trinajstić information content (AvgIpc) is 2.65. The van der Waals surface area contributed by atoms with Gasteiger partial charge in [-0.05, 0) is 37.5 Å². The number of piperazine rings is 1. The molecule has 1 fully saturated rings. The van der Waals surface area contributed by atoms with E-state index in [0.717, 1.165) is 31.7 Å². The van der Waals surface area contributed by atoms with E-state index in [1.807, 2.05) is 6.92 Å². The number of ether oxygens (including phenoxy) is 1. The van der Waals surface area contributed by atoms with Gasteiger partial charge in [-0.3, -0.25) is 19.4 Å². The number of hydrogen-bond acceptors (Lipinski definition) is 5. The molecule has 0 bridgehead atoms. The Morgan fingerprint density at radius 1 is 1.04 bits per heavy atom. The number of hydrogen-bond donors (Lipinski definition) is 2. The second kappa shape index (κ2) is 11.1. The molecule has 0 spiro atoms. The van der Waals surface area contributed by atoms with Gasteiger partial charge in [0.15, 0.2) is 0 Å². The van der Waals surface area contributed by atoms with Gasteiger partial charge in [0.25, 0.3) is 0 Å². The molecule has 7 heteroatoms. The summed E-state index contributed by atoms with van der Waals surface area (Å²) in [5, 5.41) is 5.93. The maximum atomic E-state index is 12.4. The van der Waals surface area contributed by atoms with Gasteiger partial charge < -0.3 is 15.4 Å². The minimum Gasteiger partial charge on any atom is -0.383 e. The molecule has 7 nitrogen and oxygen atoms in total. The van der Waals surface area contributed by atoms with Crippen LogP contribution in [0.5, 0.6) is 0 Å². The Morgan fingerprint density at radius 2 is 1.64 bits per heavy atom. The summed E-state index contributed by atoms with van der Waals surface area (Å²) >= 11 is 0. The van der Waals surface area contributed by atoms with Crippen molar-refractivity contribution >= 4 is 11.8 Å². The van der Waals surface area contributed by atoms with Crippen molar-refractivity contribution < 1.29 is 14.3 Å². The Morgan fingerprint density at radius 3 is 2.21 bits per heavy atom. The third kappa shape index (κ3) is 7.22. The summed E-state index contributed by atoms with van der Waals surface area (Å²) in [5.74, 6) is 0.0574. The highest BCUT2D eigenvalue weighted by molar-refractivity contribution is 5.79. The molecule has 1 saturated heterocycles. The largest absolute Gasteiger partial charge is 0.383 e. The molecule has 1 heterocycles. The zero-order valence-electron chi connectivity index (χ0n) is 17.6. The Hall–Kier alpha value is -1.96. The minimum absolute atomic E-state index is 0.0103. The van der Waals surface area contributed by atoms with Crippen LogP contribution in [0.4, 0.5) is 0 Å². The Balaban J connectivity index is 1.69.